The summed E-state index contributed by atoms with van der Waals surface area (Å²) in [5.74, 6) is 0. The van der Waals surface area contributed by atoms with E-state index in [2.05, 4.69) is 61.2 Å². The van der Waals surface area contributed by atoms with Crippen molar-refractivity contribution in [1.82, 2.24) is 0 Å². The summed E-state index contributed by atoms with van der Waals surface area (Å²) in [5.41, 5.74) is 6.90. The van der Waals surface area contributed by atoms with Gasteiger partial charge in [-0.25, -0.2) is 0 Å². The van der Waals surface area contributed by atoms with E-state index in [9.17, 15) is 0 Å². The van der Waals surface area contributed by atoms with E-state index in [-0.39, 0.29) is 0 Å². The van der Waals surface area contributed by atoms with Crippen molar-refractivity contribution < 1.29 is 0 Å². The zero-order chi connectivity index (χ0) is 12.4. The Kier molecular flexibility index (Phi) is 2.85. The predicted molar refractivity (Wildman–Crippen MR) is 78.4 cm³/mol. The molecule has 0 atom stereocenters. The SMILES string of the molecule is C=Cc1ccccc1CC1=CCc2ccccc21. The smallest absolute Gasteiger partial charge is 0.00168 e. The molecule has 0 amide bonds. The van der Waals surface area contributed by atoms with Gasteiger partial charge < -0.3 is 0 Å². The summed E-state index contributed by atoms with van der Waals surface area (Å²) in [6.07, 6.45) is 6.36. The lowest BCUT2D eigenvalue weighted by atomic mass is 9.96. The van der Waals surface area contributed by atoms with Gasteiger partial charge in [-0.15, -0.1) is 0 Å². The highest BCUT2D eigenvalue weighted by Crippen LogP contribution is 2.30. The molecular formula is C18H16. The zero-order valence-electron chi connectivity index (χ0n) is 10.4. The highest BCUT2D eigenvalue weighted by atomic mass is 14.2. The minimum Gasteiger partial charge on any atom is -0.0985 e. The maximum absolute atomic E-state index is 3.89. The van der Waals surface area contributed by atoms with E-state index in [4.69, 9.17) is 0 Å². The molecule has 0 spiro atoms. The van der Waals surface area contributed by atoms with E-state index in [0.29, 0.717) is 0 Å². The fourth-order valence-electron chi connectivity index (χ4n) is 2.62. The molecule has 0 nitrogen and oxygen atoms in total. The van der Waals surface area contributed by atoms with Crippen molar-refractivity contribution in [2.75, 3.05) is 0 Å². The Balaban J connectivity index is 1.93. The second-order valence-electron chi connectivity index (χ2n) is 4.67. The minimum atomic E-state index is 0.999. The second-order valence-corrected chi connectivity index (χ2v) is 4.67. The van der Waals surface area contributed by atoms with Crippen molar-refractivity contribution in [3.05, 3.63) is 83.4 Å². The lowest BCUT2D eigenvalue weighted by Crippen LogP contribution is -1.92. The number of rotatable bonds is 3. The van der Waals surface area contributed by atoms with Crippen molar-refractivity contribution in [2.24, 2.45) is 0 Å². The number of fused-ring (bicyclic) bond motifs is 1. The summed E-state index contributed by atoms with van der Waals surface area (Å²) in [4.78, 5) is 0. The Labute approximate surface area is 108 Å². The number of hydrogen-bond donors (Lipinski definition) is 0. The average molecular weight is 232 g/mol. The molecule has 0 heteroatoms. The molecule has 0 saturated heterocycles. The molecule has 0 bridgehead atoms. The molecule has 0 N–H and O–H groups in total. The Morgan fingerprint density at radius 3 is 2.67 bits per heavy atom. The maximum atomic E-state index is 3.89. The van der Waals surface area contributed by atoms with Gasteiger partial charge in [0.2, 0.25) is 0 Å². The van der Waals surface area contributed by atoms with E-state index < -0.39 is 0 Å². The summed E-state index contributed by atoms with van der Waals surface area (Å²) in [5, 5.41) is 0. The third-order valence-electron chi connectivity index (χ3n) is 3.59. The lowest BCUT2D eigenvalue weighted by molar-refractivity contribution is 1.28. The summed E-state index contributed by atoms with van der Waals surface area (Å²) < 4.78 is 0. The summed E-state index contributed by atoms with van der Waals surface area (Å²) >= 11 is 0. The van der Waals surface area contributed by atoms with E-state index in [0.717, 1.165) is 12.8 Å². The lowest BCUT2D eigenvalue weighted by Gasteiger charge is -2.08. The van der Waals surface area contributed by atoms with E-state index in [1.165, 1.54) is 27.8 Å². The molecule has 2 aromatic carbocycles. The van der Waals surface area contributed by atoms with Gasteiger partial charge in [-0.1, -0.05) is 67.3 Å². The van der Waals surface area contributed by atoms with Crippen LogP contribution in [0.15, 0.2) is 61.2 Å². The van der Waals surface area contributed by atoms with Crippen LogP contribution in [0.1, 0.15) is 22.3 Å². The summed E-state index contributed by atoms with van der Waals surface area (Å²) in [6, 6.07) is 17.2. The molecule has 18 heavy (non-hydrogen) atoms. The molecule has 0 fully saturated rings. The highest BCUT2D eigenvalue weighted by molar-refractivity contribution is 5.75. The third kappa shape index (κ3) is 1.91. The van der Waals surface area contributed by atoms with Crippen LogP contribution < -0.4 is 0 Å². The molecule has 1 aliphatic carbocycles. The molecule has 0 saturated carbocycles. The molecule has 1 aliphatic rings. The van der Waals surface area contributed by atoms with Crippen molar-refractivity contribution in [1.29, 1.82) is 0 Å². The monoisotopic (exact) mass is 232 g/mol. The van der Waals surface area contributed by atoms with Crippen LogP contribution in [-0.2, 0) is 12.8 Å². The van der Waals surface area contributed by atoms with Crippen molar-refractivity contribution in [3.8, 4) is 0 Å². The van der Waals surface area contributed by atoms with Crippen LogP contribution >= 0.6 is 0 Å². The van der Waals surface area contributed by atoms with Crippen LogP contribution in [0, 0.1) is 0 Å². The van der Waals surface area contributed by atoms with Crippen LogP contribution in [0.2, 0.25) is 0 Å². The van der Waals surface area contributed by atoms with Gasteiger partial charge in [0.05, 0.1) is 0 Å². The van der Waals surface area contributed by atoms with Gasteiger partial charge in [0.1, 0.15) is 0 Å². The van der Waals surface area contributed by atoms with E-state index >= 15 is 0 Å². The Morgan fingerprint density at radius 1 is 1.00 bits per heavy atom. The summed E-state index contributed by atoms with van der Waals surface area (Å²) in [7, 11) is 0. The highest BCUT2D eigenvalue weighted by Gasteiger charge is 2.13. The van der Waals surface area contributed by atoms with Crippen LogP contribution in [0.5, 0.6) is 0 Å². The second kappa shape index (κ2) is 4.66. The normalized spacial score (nSPS) is 13.0. The van der Waals surface area contributed by atoms with Crippen molar-refractivity contribution >= 4 is 11.6 Å². The summed E-state index contributed by atoms with van der Waals surface area (Å²) in [6.45, 7) is 3.89. The van der Waals surface area contributed by atoms with Gasteiger partial charge in [-0.3, -0.25) is 0 Å². The fraction of sp³-hybridized carbons (Fsp3) is 0.111. The molecule has 0 aromatic heterocycles. The number of benzene rings is 2. The molecule has 88 valence electrons. The van der Waals surface area contributed by atoms with Gasteiger partial charge in [0, 0.05) is 0 Å². The van der Waals surface area contributed by atoms with Gasteiger partial charge in [0.25, 0.3) is 0 Å². The van der Waals surface area contributed by atoms with E-state index in [1.807, 2.05) is 6.08 Å². The third-order valence-corrected chi connectivity index (χ3v) is 3.59. The Morgan fingerprint density at radius 2 is 1.78 bits per heavy atom. The Hall–Kier alpha value is -2.08. The van der Waals surface area contributed by atoms with Gasteiger partial charge >= 0.3 is 0 Å². The van der Waals surface area contributed by atoms with Crippen LogP contribution in [0.25, 0.3) is 11.6 Å². The van der Waals surface area contributed by atoms with Crippen molar-refractivity contribution in [3.63, 3.8) is 0 Å². The molecule has 2 aromatic rings. The van der Waals surface area contributed by atoms with Gasteiger partial charge in [0.15, 0.2) is 0 Å². The van der Waals surface area contributed by atoms with Gasteiger partial charge in [-0.2, -0.15) is 0 Å². The van der Waals surface area contributed by atoms with Crippen LogP contribution in [-0.4, -0.2) is 0 Å². The molecule has 0 radical (unpaired) electrons. The maximum Gasteiger partial charge on any atom is -0.00168 e. The van der Waals surface area contributed by atoms with Gasteiger partial charge in [-0.05, 0) is 40.7 Å². The molecule has 0 unspecified atom stereocenters. The fourth-order valence-corrected chi connectivity index (χ4v) is 2.62. The topological polar surface area (TPSA) is 0 Å². The number of allylic oxidation sites excluding steroid dienone is 2. The largest absolute Gasteiger partial charge is 0.0985 e. The predicted octanol–water partition coefficient (Wildman–Crippen LogP) is 4.51. The standard InChI is InChI=1S/C18H16/c1-2-14-7-3-4-9-16(14)13-17-12-11-15-8-5-6-10-18(15)17/h2-10,12H,1,11,13H2. The first-order valence-electron chi connectivity index (χ1n) is 6.36. The molecule has 0 aliphatic heterocycles. The van der Waals surface area contributed by atoms with Crippen LogP contribution in [0.4, 0.5) is 0 Å². The molecule has 3 rings (SSSR count). The van der Waals surface area contributed by atoms with E-state index in [1.54, 1.807) is 0 Å². The first-order valence-corrected chi connectivity index (χ1v) is 6.36. The van der Waals surface area contributed by atoms with Crippen LogP contribution in [0.3, 0.4) is 0 Å². The zero-order valence-corrected chi connectivity index (χ0v) is 10.4. The molecule has 0 heterocycles. The average Bonchev–Trinajstić information content (AvgIpc) is 2.83. The first-order chi connectivity index (χ1) is 8.88. The Bertz CT molecular complexity index is 617. The molecular weight excluding hydrogens is 216 g/mol. The number of hydrogen-bond acceptors (Lipinski definition) is 0. The van der Waals surface area contributed by atoms with Crippen molar-refractivity contribution in [2.45, 2.75) is 12.8 Å². The first kappa shape index (κ1) is 11.0. The quantitative estimate of drug-likeness (QED) is 0.730. The minimum absolute atomic E-state index is 0.999.